The van der Waals surface area contributed by atoms with Crippen LogP contribution in [-0.4, -0.2) is 19.3 Å². The van der Waals surface area contributed by atoms with Crippen molar-refractivity contribution in [3.05, 3.63) is 20.9 Å². The highest BCUT2D eigenvalue weighted by molar-refractivity contribution is 7.85. The molecule has 0 saturated carbocycles. The van der Waals surface area contributed by atoms with Gasteiger partial charge in [0, 0.05) is 10.4 Å². The third-order valence-corrected chi connectivity index (χ3v) is 3.49. The van der Waals surface area contributed by atoms with E-state index in [1.54, 1.807) is 6.92 Å². The van der Waals surface area contributed by atoms with Crippen molar-refractivity contribution in [2.75, 3.05) is 0 Å². The van der Waals surface area contributed by atoms with E-state index in [0.29, 0.717) is 11.2 Å². The van der Waals surface area contributed by atoms with Crippen LogP contribution in [0.1, 0.15) is 25.7 Å². The SMILES string of the molecule is Cc1sc(C=O)c(CS(=O)(=O)O)c1C#N. The Bertz CT molecular complexity index is 536. The van der Waals surface area contributed by atoms with Gasteiger partial charge in [0.25, 0.3) is 10.1 Å². The summed E-state index contributed by atoms with van der Waals surface area (Å²) in [4.78, 5) is 11.4. The van der Waals surface area contributed by atoms with E-state index in [2.05, 4.69) is 0 Å². The van der Waals surface area contributed by atoms with Gasteiger partial charge in [-0.1, -0.05) is 0 Å². The summed E-state index contributed by atoms with van der Waals surface area (Å²) in [5.74, 6) is -0.700. The molecule has 0 saturated heterocycles. The monoisotopic (exact) mass is 245 g/mol. The first-order valence-electron chi connectivity index (χ1n) is 3.81. The second-order valence-electron chi connectivity index (χ2n) is 2.83. The molecule has 15 heavy (non-hydrogen) atoms. The molecule has 1 aromatic heterocycles. The highest BCUT2D eigenvalue weighted by Gasteiger charge is 2.19. The number of carbonyl (C=O) groups is 1. The highest BCUT2D eigenvalue weighted by Crippen LogP contribution is 2.27. The van der Waals surface area contributed by atoms with Crippen molar-refractivity contribution in [1.29, 1.82) is 5.26 Å². The van der Waals surface area contributed by atoms with Crippen LogP contribution in [0.2, 0.25) is 0 Å². The van der Waals surface area contributed by atoms with E-state index in [1.165, 1.54) is 0 Å². The molecule has 1 heterocycles. The Morgan fingerprint density at radius 3 is 2.60 bits per heavy atom. The van der Waals surface area contributed by atoms with E-state index in [4.69, 9.17) is 9.81 Å². The lowest BCUT2D eigenvalue weighted by Gasteiger charge is -1.96. The molecule has 0 bridgehead atoms. The van der Waals surface area contributed by atoms with Crippen LogP contribution >= 0.6 is 11.3 Å². The van der Waals surface area contributed by atoms with Gasteiger partial charge in [-0.3, -0.25) is 9.35 Å². The lowest BCUT2D eigenvalue weighted by Crippen LogP contribution is -2.04. The Labute approximate surface area is 90.7 Å². The van der Waals surface area contributed by atoms with Crippen molar-refractivity contribution in [2.24, 2.45) is 0 Å². The first-order valence-corrected chi connectivity index (χ1v) is 6.24. The predicted octanol–water partition coefficient (Wildman–Crippen LogP) is 1.13. The van der Waals surface area contributed by atoms with Crippen LogP contribution in [0.25, 0.3) is 0 Å². The van der Waals surface area contributed by atoms with Gasteiger partial charge in [-0.15, -0.1) is 11.3 Å². The molecule has 0 amide bonds. The predicted molar refractivity (Wildman–Crippen MR) is 54.4 cm³/mol. The summed E-state index contributed by atoms with van der Waals surface area (Å²) in [6, 6.07) is 1.82. The van der Waals surface area contributed by atoms with Gasteiger partial charge in [0.1, 0.15) is 11.8 Å². The maximum atomic E-state index is 10.7. The van der Waals surface area contributed by atoms with E-state index in [9.17, 15) is 13.2 Å². The zero-order valence-corrected chi connectivity index (χ0v) is 9.35. The van der Waals surface area contributed by atoms with Crippen LogP contribution in [0, 0.1) is 18.3 Å². The van der Waals surface area contributed by atoms with Crippen LogP contribution in [-0.2, 0) is 15.9 Å². The summed E-state index contributed by atoms with van der Waals surface area (Å²) in [7, 11) is -4.23. The van der Waals surface area contributed by atoms with Crippen molar-refractivity contribution in [3.8, 4) is 6.07 Å². The summed E-state index contributed by atoms with van der Waals surface area (Å²) >= 11 is 1.04. The minimum absolute atomic E-state index is 0.0810. The molecule has 1 N–H and O–H groups in total. The number of hydrogen-bond donors (Lipinski definition) is 1. The molecule has 5 nitrogen and oxygen atoms in total. The first-order chi connectivity index (χ1) is 6.89. The molecule has 0 aliphatic carbocycles. The average molecular weight is 245 g/mol. The van der Waals surface area contributed by atoms with Crippen LogP contribution in [0.5, 0.6) is 0 Å². The van der Waals surface area contributed by atoms with Crippen molar-refractivity contribution in [2.45, 2.75) is 12.7 Å². The normalized spacial score (nSPS) is 11.0. The Morgan fingerprint density at radius 2 is 2.20 bits per heavy atom. The van der Waals surface area contributed by atoms with Gasteiger partial charge in [-0.05, 0) is 6.92 Å². The van der Waals surface area contributed by atoms with Gasteiger partial charge in [-0.2, -0.15) is 13.7 Å². The quantitative estimate of drug-likeness (QED) is 0.636. The number of hydrogen-bond acceptors (Lipinski definition) is 5. The van der Waals surface area contributed by atoms with Gasteiger partial charge in [0.15, 0.2) is 6.29 Å². The summed E-state index contributed by atoms with van der Waals surface area (Å²) < 4.78 is 30.0. The molecule has 80 valence electrons. The van der Waals surface area contributed by atoms with E-state index in [-0.39, 0.29) is 16.0 Å². The summed E-state index contributed by atoms with van der Waals surface area (Å²) in [6.45, 7) is 1.61. The van der Waals surface area contributed by atoms with Crippen LogP contribution in [0.3, 0.4) is 0 Å². The number of carbonyl (C=O) groups excluding carboxylic acids is 1. The molecule has 0 atom stereocenters. The zero-order valence-electron chi connectivity index (χ0n) is 7.72. The minimum atomic E-state index is -4.23. The third-order valence-electron chi connectivity index (χ3n) is 1.76. The first kappa shape index (κ1) is 11.8. The second kappa shape index (κ2) is 4.10. The molecule has 0 spiro atoms. The summed E-state index contributed by atoms with van der Waals surface area (Å²) in [5.41, 5.74) is 0.234. The lowest BCUT2D eigenvalue weighted by molar-refractivity contribution is 0.112. The molecule has 0 fully saturated rings. The fraction of sp³-hybridized carbons (Fsp3) is 0.250. The molecule has 1 aromatic rings. The molecular weight excluding hydrogens is 238 g/mol. The topological polar surface area (TPSA) is 95.2 Å². The third kappa shape index (κ3) is 2.62. The van der Waals surface area contributed by atoms with Crippen molar-refractivity contribution >= 4 is 27.7 Å². The smallest absolute Gasteiger partial charge is 0.269 e. The fourth-order valence-electron chi connectivity index (χ4n) is 1.18. The highest BCUT2D eigenvalue weighted by atomic mass is 32.2. The number of thiophene rings is 1. The lowest BCUT2D eigenvalue weighted by atomic mass is 10.1. The van der Waals surface area contributed by atoms with E-state index in [1.807, 2.05) is 6.07 Å². The Morgan fingerprint density at radius 1 is 1.60 bits per heavy atom. The number of nitriles is 1. The molecular formula is C8H7NO4S2. The molecule has 1 rings (SSSR count). The number of aldehydes is 1. The zero-order chi connectivity index (χ0) is 11.6. The Kier molecular flexibility index (Phi) is 3.24. The molecule has 0 aromatic carbocycles. The van der Waals surface area contributed by atoms with Gasteiger partial charge in [0.05, 0.1) is 10.4 Å². The molecule has 0 unspecified atom stereocenters. The number of rotatable bonds is 3. The largest absolute Gasteiger partial charge is 0.297 e. The molecule has 7 heteroatoms. The molecule has 0 radical (unpaired) electrons. The van der Waals surface area contributed by atoms with Gasteiger partial charge >= 0.3 is 0 Å². The van der Waals surface area contributed by atoms with Crippen LogP contribution < -0.4 is 0 Å². The van der Waals surface area contributed by atoms with Gasteiger partial charge in [-0.25, -0.2) is 0 Å². The standard InChI is InChI=1S/C8H7NO4S2/c1-5-6(2-9)7(4-15(11,12)13)8(3-10)14-5/h3H,4H2,1H3,(H,11,12,13). The van der Waals surface area contributed by atoms with Crippen molar-refractivity contribution in [3.63, 3.8) is 0 Å². The van der Waals surface area contributed by atoms with Crippen LogP contribution in [0.15, 0.2) is 0 Å². The summed E-state index contributed by atoms with van der Waals surface area (Å²) in [5, 5.41) is 8.77. The average Bonchev–Trinajstić information content (AvgIpc) is 2.39. The van der Waals surface area contributed by atoms with Crippen molar-refractivity contribution < 1.29 is 17.8 Å². The van der Waals surface area contributed by atoms with E-state index >= 15 is 0 Å². The maximum absolute atomic E-state index is 10.7. The van der Waals surface area contributed by atoms with Crippen molar-refractivity contribution in [1.82, 2.24) is 0 Å². The van der Waals surface area contributed by atoms with Crippen LogP contribution in [0.4, 0.5) is 0 Å². The number of nitrogens with zero attached hydrogens (tertiary/aromatic N) is 1. The van der Waals surface area contributed by atoms with E-state index in [0.717, 1.165) is 11.3 Å². The Hall–Kier alpha value is -1.23. The molecule has 0 aliphatic heterocycles. The second-order valence-corrected chi connectivity index (χ2v) is 5.54. The van der Waals surface area contributed by atoms with Gasteiger partial charge < -0.3 is 0 Å². The fourth-order valence-corrected chi connectivity index (χ4v) is 2.88. The van der Waals surface area contributed by atoms with Gasteiger partial charge in [0.2, 0.25) is 0 Å². The Balaban J connectivity index is 3.38. The maximum Gasteiger partial charge on any atom is 0.269 e. The number of aryl methyl sites for hydroxylation is 1. The van der Waals surface area contributed by atoms with E-state index < -0.39 is 15.9 Å². The summed E-state index contributed by atoms with van der Waals surface area (Å²) in [6.07, 6.45) is 0.485. The minimum Gasteiger partial charge on any atom is -0.297 e. The molecule has 0 aliphatic rings.